The lowest BCUT2D eigenvalue weighted by Crippen LogP contribution is -2.22. The van der Waals surface area contributed by atoms with Crippen molar-refractivity contribution in [2.45, 2.75) is 71.8 Å². The third-order valence-corrected chi connectivity index (χ3v) is 4.70. The molecule has 2 rings (SSSR count). The number of nitrogens with two attached hydrogens (primary N) is 1. The summed E-state index contributed by atoms with van der Waals surface area (Å²) in [5.41, 5.74) is 12.4. The van der Waals surface area contributed by atoms with Crippen molar-refractivity contribution in [3.05, 3.63) is 34.4 Å². The third-order valence-electron chi connectivity index (χ3n) is 4.70. The molecule has 0 aromatic heterocycles. The molecule has 1 heteroatoms. The van der Waals surface area contributed by atoms with Crippen molar-refractivity contribution in [3.8, 4) is 0 Å². The first-order valence-electron chi connectivity index (χ1n) is 7.68. The number of hydrogen-bond donors (Lipinski definition) is 1. The molecule has 0 saturated heterocycles. The zero-order valence-corrected chi connectivity index (χ0v) is 13.2. The largest absolute Gasteiger partial charge is 0.324 e. The second-order valence-corrected chi connectivity index (χ2v) is 7.34. The van der Waals surface area contributed by atoms with Gasteiger partial charge in [0.2, 0.25) is 0 Å². The molecule has 1 atom stereocenters. The van der Waals surface area contributed by atoms with E-state index in [4.69, 9.17) is 5.73 Å². The van der Waals surface area contributed by atoms with Crippen LogP contribution >= 0.6 is 0 Å². The molecule has 0 bridgehead atoms. The van der Waals surface area contributed by atoms with Gasteiger partial charge in [-0.2, -0.15) is 0 Å². The molecule has 1 nitrogen and oxygen atoms in total. The summed E-state index contributed by atoms with van der Waals surface area (Å²) in [6.45, 7) is 11.3. The molecule has 0 spiro atoms. The van der Waals surface area contributed by atoms with Gasteiger partial charge in [0.15, 0.2) is 0 Å². The monoisotopic (exact) mass is 259 g/mol. The Morgan fingerprint density at radius 3 is 1.95 bits per heavy atom. The lowest BCUT2D eigenvalue weighted by Gasteiger charge is -2.27. The molecule has 1 aliphatic carbocycles. The molecule has 0 amide bonds. The van der Waals surface area contributed by atoms with Crippen molar-refractivity contribution in [2.24, 2.45) is 11.7 Å². The van der Waals surface area contributed by atoms with E-state index in [2.05, 4.69) is 46.8 Å². The predicted octanol–water partition coefficient (Wildman–Crippen LogP) is 4.79. The Balaban J connectivity index is 2.36. The number of aryl methyl sites for hydroxylation is 2. The summed E-state index contributed by atoms with van der Waals surface area (Å²) < 4.78 is 0. The van der Waals surface area contributed by atoms with Gasteiger partial charge in [-0.25, -0.2) is 0 Å². The molecule has 0 radical (unpaired) electrons. The van der Waals surface area contributed by atoms with Crippen LogP contribution in [0.2, 0.25) is 0 Å². The molecule has 0 heterocycles. The summed E-state index contributed by atoms with van der Waals surface area (Å²) >= 11 is 0. The summed E-state index contributed by atoms with van der Waals surface area (Å²) in [5, 5.41) is 0. The van der Waals surface area contributed by atoms with E-state index in [1.165, 1.54) is 47.9 Å². The van der Waals surface area contributed by atoms with Gasteiger partial charge in [0.1, 0.15) is 0 Å². The summed E-state index contributed by atoms with van der Waals surface area (Å²) in [4.78, 5) is 0. The van der Waals surface area contributed by atoms with E-state index in [9.17, 15) is 0 Å². The van der Waals surface area contributed by atoms with Crippen molar-refractivity contribution < 1.29 is 0 Å². The second-order valence-electron chi connectivity index (χ2n) is 7.34. The minimum absolute atomic E-state index is 0.214. The van der Waals surface area contributed by atoms with Crippen LogP contribution in [-0.4, -0.2) is 0 Å². The summed E-state index contributed by atoms with van der Waals surface area (Å²) in [6, 6.07) is 4.92. The van der Waals surface area contributed by atoms with Gasteiger partial charge < -0.3 is 5.73 Å². The molecule has 1 aromatic rings. The van der Waals surface area contributed by atoms with Crippen LogP contribution in [0, 0.1) is 19.8 Å². The Labute approximate surface area is 118 Å². The fraction of sp³-hybridized carbons (Fsp3) is 0.667. The highest BCUT2D eigenvalue weighted by Gasteiger charge is 2.26. The summed E-state index contributed by atoms with van der Waals surface area (Å²) in [6.07, 6.45) is 5.33. The lowest BCUT2D eigenvalue weighted by atomic mass is 9.80. The molecule has 19 heavy (non-hydrogen) atoms. The van der Waals surface area contributed by atoms with Crippen LogP contribution in [0.15, 0.2) is 12.1 Å². The van der Waals surface area contributed by atoms with E-state index < -0.39 is 0 Å². The van der Waals surface area contributed by atoms with E-state index in [1.54, 1.807) is 0 Å². The Morgan fingerprint density at radius 1 is 1.05 bits per heavy atom. The maximum Gasteiger partial charge on any atom is 0.0328 e. The minimum Gasteiger partial charge on any atom is -0.324 e. The molecule has 106 valence electrons. The molecule has 1 aliphatic rings. The molecule has 1 aromatic carbocycles. The molecular formula is C18H29N. The molecule has 1 unspecified atom stereocenters. The highest BCUT2D eigenvalue weighted by Crippen LogP contribution is 2.37. The maximum absolute atomic E-state index is 6.56. The zero-order valence-electron chi connectivity index (χ0n) is 13.2. The van der Waals surface area contributed by atoms with E-state index in [0.29, 0.717) is 5.92 Å². The Morgan fingerprint density at radius 2 is 1.53 bits per heavy atom. The van der Waals surface area contributed by atoms with Crippen molar-refractivity contribution >= 4 is 0 Å². The van der Waals surface area contributed by atoms with E-state index in [0.717, 1.165) is 0 Å². The minimum atomic E-state index is 0.214. The first kappa shape index (κ1) is 14.6. The third kappa shape index (κ3) is 3.02. The smallest absolute Gasteiger partial charge is 0.0328 e. The zero-order chi connectivity index (χ0) is 14.2. The van der Waals surface area contributed by atoms with Crippen molar-refractivity contribution in [2.75, 3.05) is 0 Å². The first-order valence-corrected chi connectivity index (χ1v) is 7.68. The van der Waals surface area contributed by atoms with Crippen LogP contribution < -0.4 is 5.73 Å². The Bertz CT molecular complexity index is 424. The van der Waals surface area contributed by atoms with Crippen LogP contribution in [0.1, 0.15) is 74.8 Å². The highest BCUT2D eigenvalue weighted by atomic mass is 14.7. The van der Waals surface area contributed by atoms with Gasteiger partial charge in [0, 0.05) is 6.04 Å². The fourth-order valence-corrected chi connectivity index (χ4v) is 3.49. The van der Waals surface area contributed by atoms with Crippen molar-refractivity contribution in [3.63, 3.8) is 0 Å². The molecule has 1 fully saturated rings. The van der Waals surface area contributed by atoms with E-state index in [1.807, 2.05) is 0 Å². The average Bonchev–Trinajstić information content (AvgIpc) is 2.79. The average molecular weight is 259 g/mol. The first-order chi connectivity index (χ1) is 8.80. The van der Waals surface area contributed by atoms with Gasteiger partial charge in [-0.3, -0.25) is 0 Å². The number of benzene rings is 1. The molecule has 2 N–H and O–H groups in total. The van der Waals surface area contributed by atoms with Gasteiger partial charge in [-0.05, 0) is 60.3 Å². The van der Waals surface area contributed by atoms with Crippen LogP contribution in [0.5, 0.6) is 0 Å². The maximum atomic E-state index is 6.56. The molecular weight excluding hydrogens is 230 g/mol. The van der Waals surface area contributed by atoms with Crippen LogP contribution in [-0.2, 0) is 5.41 Å². The van der Waals surface area contributed by atoms with Crippen LogP contribution in [0.25, 0.3) is 0 Å². The topological polar surface area (TPSA) is 26.0 Å². The SMILES string of the molecule is Cc1cc(C(C)(C)C)cc(C)c1C(N)C1CCCC1. The van der Waals surface area contributed by atoms with Gasteiger partial charge >= 0.3 is 0 Å². The van der Waals surface area contributed by atoms with Crippen molar-refractivity contribution in [1.82, 2.24) is 0 Å². The normalized spacial score (nSPS) is 18.8. The highest BCUT2D eigenvalue weighted by molar-refractivity contribution is 5.42. The number of rotatable bonds is 2. The fourth-order valence-electron chi connectivity index (χ4n) is 3.49. The molecule has 0 aliphatic heterocycles. The lowest BCUT2D eigenvalue weighted by molar-refractivity contribution is 0.441. The number of hydrogen-bond acceptors (Lipinski definition) is 1. The Kier molecular flexibility index (Phi) is 4.06. The Hall–Kier alpha value is -0.820. The van der Waals surface area contributed by atoms with E-state index >= 15 is 0 Å². The summed E-state index contributed by atoms with van der Waals surface area (Å²) in [7, 11) is 0. The summed E-state index contributed by atoms with van der Waals surface area (Å²) in [5.74, 6) is 0.692. The van der Waals surface area contributed by atoms with Gasteiger partial charge in [-0.1, -0.05) is 45.7 Å². The second kappa shape index (κ2) is 5.28. The van der Waals surface area contributed by atoms with Crippen LogP contribution in [0.3, 0.4) is 0 Å². The standard InChI is InChI=1S/C18H29N/c1-12-10-15(18(3,4)5)11-13(2)16(12)17(19)14-8-6-7-9-14/h10-11,14,17H,6-9,19H2,1-5H3. The van der Waals surface area contributed by atoms with Gasteiger partial charge in [-0.15, -0.1) is 0 Å². The molecule has 1 saturated carbocycles. The van der Waals surface area contributed by atoms with Crippen molar-refractivity contribution in [1.29, 1.82) is 0 Å². The van der Waals surface area contributed by atoms with Gasteiger partial charge in [0.05, 0.1) is 0 Å². The predicted molar refractivity (Wildman–Crippen MR) is 83.5 cm³/mol. The van der Waals surface area contributed by atoms with E-state index in [-0.39, 0.29) is 11.5 Å². The van der Waals surface area contributed by atoms with Crippen LogP contribution in [0.4, 0.5) is 0 Å². The quantitative estimate of drug-likeness (QED) is 0.812. The van der Waals surface area contributed by atoms with Gasteiger partial charge in [0.25, 0.3) is 0 Å².